The van der Waals surface area contributed by atoms with E-state index in [1.165, 1.54) is 18.4 Å². The van der Waals surface area contributed by atoms with E-state index in [0.29, 0.717) is 16.1 Å². The van der Waals surface area contributed by atoms with Crippen LogP contribution in [0, 0.1) is 13.8 Å². The van der Waals surface area contributed by atoms with E-state index in [-0.39, 0.29) is 11.9 Å². The first-order valence-corrected chi connectivity index (χ1v) is 9.60. The van der Waals surface area contributed by atoms with E-state index in [1.807, 2.05) is 32.0 Å². The number of hydrogen-bond acceptors (Lipinski definition) is 5. The van der Waals surface area contributed by atoms with Gasteiger partial charge in [0.2, 0.25) is 0 Å². The van der Waals surface area contributed by atoms with Crippen molar-refractivity contribution < 1.29 is 14.3 Å². The largest absolute Gasteiger partial charge is 0.465 e. The van der Waals surface area contributed by atoms with Crippen molar-refractivity contribution >= 4 is 28.2 Å². The van der Waals surface area contributed by atoms with Gasteiger partial charge in [-0.3, -0.25) is 9.69 Å². The number of fused-ring (bicyclic) bond motifs is 1. The Hall–Kier alpha value is -2.18. The van der Waals surface area contributed by atoms with E-state index >= 15 is 0 Å². The lowest BCUT2D eigenvalue weighted by molar-refractivity contribution is 0.0600. The lowest BCUT2D eigenvalue weighted by Gasteiger charge is -2.25. The molecular weight excluding hydrogens is 348 g/mol. The lowest BCUT2D eigenvalue weighted by atomic mass is 10.0. The molecule has 0 aliphatic carbocycles. The number of carbonyl (C=O) groups excluding carboxylic acids is 2. The minimum absolute atomic E-state index is 0.192. The highest BCUT2D eigenvalue weighted by Crippen LogP contribution is 2.37. The van der Waals surface area contributed by atoms with Crippen molar-refractivity contribution in [2.24, 2.45) is 0 Å². The van der Waals surface area contributed by atoms with Gasteiger partial charge in [0.05, 0.1) is 12.7 Å². The quantitative estimate of drug-likeness (QED) is 0.830. The van der Waals surface area contributed by atoms with Gasteiger partial charge in [-0.15, -0.1) is 11.3 Å². The molecule has 138 valence electrons. The first kappa shape index (κ1) is 18.6. The Morgan fingerprint density at radius 2 is 2.08 bits per heavy atom. The summed E-state index contributed by atoms with van der Waals surface area (Å²) < 4.78 is 4.99. The van der Waals surface area contributed by atoms with Crippen LogP contribution in [-0.2, 0) is 17.7 Å². The van der Waals surface area contributed by atoms with Crippen LogP contribution in [0.5, 0.6) is 0 Å². The summed E-state index contributed by atoms with van der Waals surface area (Å²) in [7, 11) is 1.38. The number of nitrogens with one attached hydrogen (secondary N) is 1. The molecule has 0 unspecified atom stereocenters. The smallest absolute Gasteiger partial charge is 0.341 e. The number of benzene rings is 1. The predicted octanol–water partition coefficient (Wildman–Crippen LogP) is 3.78. The van der Waals surface area contributed by atoms with E-state index in [0.717, 1.165) is 47.6 Å². The van der Waals surface area contributed by atoms with Gasteiger partial charge in [0.1, 0.15) is 5.00 Å². The summed E-state index contributed by atoms with van der Waals surface area (Å²) in [5, 5.41) is 3.55. The first-order chi connectivity index (χ1) is 12.4. The van der Waals surface area contributed by atoms with Gasteiger partial charge in [-0.05, 0) is 44.0 Å². The van der Waals surface area contributed by atoms with Crippen molar-refractivity contribution in [3.63, 3.8) is 0 Å². The summed E-state index contributed by atoms with van der Waals surface area (Å²) in [4.78, 5) is 28.7. The van der Waals surface area contributed by atoms with Crippen molar-refractivity contribution in [3.05, 3.63) is 50.9 Å². The number of esters is 1. The molecule has 6 heteroatoms. The van der Waals surface area contributed by atoms with E-state index in [4.69, 9.17) is 4.74 Å². The zero-order valence-corrected chi connectivity index (χ0v) is 16.5. The molecule has 2 heterocycles. The molecule has 0 fully saturated rings. The molecule has 0 atom stereocenters. The summed E-state index contributed by atoms with van der Waals surface area (Å²) in [6.07, 6.45) is 0.795. The highest BCUT2D eigenvalue weighted by atomic mass is 32.1. The highest BCUT2D eigenvalue weighted by molar-refractivity contribution is 7.17. The normalized spacial score (nSPS) is 14.0. The standard InChI is InChI=1S/C20H24N2O3S/c1-5-22-9-8-14-16(11-22)26-19(17(14)20(24)25-4)21-18(23)15-10-12(2)6-7-13(15)3/h6-7,10H,5,8-9,11H2,1-4H3,(H,21,23). The molecule has 1 aromatic carbocycles. The number of ether oxygens (including phenoxy) is 1. The fourth-order valence-corrected chi connectivity index (χ4v) is 4.56. The van der Waals surface area contributed by atoms with Crippen molar-refractivity contribution in [2.45, 2.75) is 33.7 Å². The Balaban J connectivity index is 1.96. The Morgan fingerprint density at radius 1 is 1.31 bits per heavy atom. The van der Waals surface area contributed by atoms with Crippen LogP contribution in [0.4, 0.5) is 5.00 Å². The summed E-state index contributed by atoms with van der Waals surface area (Å²) in [5.41, 5.74) is 4.09. The van der Waals surface area contributed by atoms with Crippen molar-refractivity contribution in [1.82, 2.24) is 4.90 Å². The molecule has 26 heavy (non-hydrogen) atoms. The Kier molecular flexibility index (Phi) is 5.44. The van der Waals surface area contributed by atoms with Gasteiger partial charge in [-0.1, -0.05) is 24.6 Å². The van der Waals surface area contributed by atoms with Crippen LogP contribution in [0.25, 0.3) is 0 Å². The number of amides is 1. The Morgan fingerprint density at radius 3 is 2.77 bits per heavy atom. The molecule has 0 radical (unpaired) electrons. The third-order valence-corrected chi connectivity index (χ3v) is 5.97. The molecule has 5 nitrogen and oxygen atoms in total. The van der Waals surface area contributed by atoms with Crippen LogP contribution in [0.3, 0.4) is 0 Å². The number of aryl methyl sites for hydroxylation is 2. The summed E-state index contributed by atoms with van der Waals surface area (Å²) >= 11 is 1.48. The average molecular weight is 372 g/mol. The Bertz CT molecular complexity index is 857. The van der Waals surface area contributed by atoms with Crippen molar-refractivity contribution in [2.75, 3.05) is 25.5 Å². The van der Waals surface area contributed by atoms with E-state index in [2.05, 4.69) is 17.1 Å². The van der Waals surface area contributed by atoms with Crippen LogP contribution in [-0.4, -0.2) is 37.0 Å². The number of hydrogen-bond donors (Lipinski definition) is 1. The van der Waals surface area contributed by atoms with Gasteiger partial charge in [-0.2, -0.15) is 0 Å². The van der Waals surface area contributed by atoms with Gasteiger partial charge < -0.3 is 10.1 Å². The maximum Gasteiger partial charge on any atom is 0.341 e. The summed E-state index contributed by atoms with van der Waals surface area (Å²) in [6, 6.07) is 5.79. The van der Waals surface area contributed by atoms with E-state index in [1.54, 1.807) is 0 Å². The molecule has 0 spiro atoms. The van der Waals surface area contributed by atoms with Crippen molar-refractivity contribution in [3.8, 4) is 0 Å². The minimum Gasteiger partial charge on any atom is -0.465 e. The minimum atomic E-state index is -0.385. The second-order valence-electron chi connectivity index (χ2n) is 6.59. The number of rotatable bonds is 4. The molecule has 3 rings (SSSR count). The van der Waals surface area contributed by atoms with Crippen LogP contribution < -0.4 is 5.32 Å². The van der Waals surface area contributed by atoms with Crippen LogP contribution >= 0.6 is 11.3 Å². The second kappa shape index (κ2) is 7.60. The third-order valence-electron chi connectivity index (χ3n) is 4.84. The average Bonchev–Trinajstić information content (AvgIpc) is 2.99. The Labute approximate surface area is 158 Å². The van der Waals surface area contributed by atoms with Gasteiger partial charge in [0.15, 0.2) is 0 Å². The molecule has 1 aliphatic heterocycles. The fraction of sp³-hybridized carbons (Fsp3) is 0.400. The monoisotopic (exact) mass is 372 g/mol. The highest BCUT2D eigenvalue weighted by Gasteiger charge is 2.29. The predicted molar refractivity (Wildman–Crippen MR) is 104 cm³/mol. The fourth-order valence-electron chi connectivity index (χ4n) is 3.28. The van der Waals surface area contributed by atoms with Gasteiger partial charge in [-0.25, -0.2) is 4.79 Å². The van der Waals surface area contributed by atoms with Crippen molar-refractivity contribution in [1.29, 1.82) is 0 Å². The summed E-state index contributed by atoms with van der Waals surface area (Å²) in [5.74, 6) is -0.578. The molecule has 1 amide bonds. The number of anilines is 1. The molecule has 1 N–H and O–H groups in total. The van der Waals surface area contributed by atoms with Gasteiger partial charge in [0, 0.05) is 23.5 Å². The number of methoxy groups -OCH3 is 1. The number of nitrogens with zero attached hydrogens (tertiary/aromatic N) is 1. The number of thiophene rings is 1. The molecule has 0 saturated carbocycles. The summed E-state index contributed by atoms with van der Waals surface area (Å²) in [6.45, 7) is 8.68. The molecular formula is C20H24N2O3S. The topological polar surface area (TPSA) is 58.6 Å². The lowest BCUT2D eigenvalue weighted by Crippen LogP contribution is -2.29. The van der Waals surface area contributed by atoms with Gasteiger partial charge in [0.25, 0.3) is 5.91 Å². The third kappa shape index (κ3) is 3.52. The van der Waals surface area contributed by atoms with Crippen LogP contribution in [0.15, 0.2) is 18.2 Å². The molecule has 2 aromatic rings. The zero-order valence-electron chi connectivity index (χ0n) is 15.6. The first-order valence-electron chi connectivity index (χ1n) is 8.78. The van der Waals surface area contributed by atoms with Crippen LogP contribution in [0.2, 0.25) is 0 Å². The van der Waals surface area contributed by atoms with E-state index < -0.39 is 0 Å². The zero-order chi connectivity index (χ0) is 18.8. The van der Waals surface area contributed by atoms with E-state index in [9.17, 15) is 9.59 Å². The van der Waals surface area contributed by atoms with Crippen LogP contribution in [0.1, 0.15) is 49.2 Å². The molecule has 1 aliphatic rings. The SMILES string of the molecule is CCN1CCc2c(sc(NC(=O)c3cc(C)ccc3C)c2C(=O)OC)C1. The maximum absolute atomic E-state index is 12.8. The number of carbonyl (C=O) groups is 2. The molecule has 0 saturated heterocycles. The molecule has 0 bridgehead atoms. The molecule has 1 aromatic heterocycles. The maximum atomic E-state index is 12.8. The second-order valence-corrected chi connectivity index (χ2v) is 7.70. The number of likely N-dealkylation sites (N-methyl/N-ethyl adjacent to an activating group) is 1. The van der Waals surface area contributed by atoms with Gasteiger partial charge >= 0.3 is 5.97 Å².